The summed E-state index contributed by atoms with van der Waals surface area (Å²) in [5.41, 5.74) is 6.90. The third-order valence-electron chi connectivity index (χ3n) is 3.52. The first-order chi connectivity index (χ1) is 11.7. The minimum atomic E-state index is -0.757. The molecule has 0 saturated carbocycles. The summed E-state index contributed by atoms with van der Waals surface area (Å²) in [7, 11) is 0. The van der Waals surface area contributed by atoms with Gasteiger partial charge in [0, 0.05) is 18.1 Å². The number of hydrogen-bond donors (Lipinski definition) is 5. The van der Waals surface area contributed by atoms with Gasteiger partial charge in [0.2, 0.25) is 0 Å². The summed E-state index contributed by atoms with van der Waals surface area (Å²) in [6.07, 6.45) is 7.37. The molecule has 0 aliphatic heterocycles. The first-order valence-electron chi connectivity index (χ1n) is 7.53. The SMILES string of the molecule is C#CCNC(CO)C(=O)NNCCc1ccc(O)c2ncccc12. The second-order valence-corrected chi connectivity index (χ2v) is 5.13. The average molecular weight is 328 g/mol. The van der Waals surface area contributed by atoms with Crippen LogP contribution in [0.3, 0.4) is 0 Å². The van der Waals surface area contributed by atoms with Crippen LogP contribution in [0.2, 0.25) is 0 Å². The summed E-state index contributed by atoms with van der Waals surface area (Å²) in [6.45, 7) is 0.336. The number of hydrazine groups is 1. The molecule has 24 heavy (non-hydrogen) atoms. The number of pyridine rings is 1. The maximum Gasteiger partial charge on any atom is 0.253 e. The number of aromatic hydroxyl groups is 1. The molecular formula is C17H20N4O3. The monoisotopic (exact) mass is 328 g/mol. The van der Waals surface area contributed by atoms with E-state index >= 15 is 0 Å². The number of amides is 1. The Morgan fingerprint density at radius 2 is 2.21 bits per heavy atom. The molecule has 0 bridgehead atoms. The van der Waals surface area contributed by atoms with Crippen molar-refractivity contribution in [3.8, 4) is 18.1 Å². The molecule has 1 amide bonds. The summed E-state index contributed by atoms with van der Waals surface area (Å²) >= 11 is 0. The Kier molecular flexibility index (Phi) is 6.51. The topological polar surface area (TPSA) is 107 Å². The van der Waals surface area contributed by atoms with Gasteiger partial charge >= 0.3 is 0 Å². The van der Waals surface area contributed by atoms with Gasteiger partial charge in [0.1, 0.15) is 17.3 Å². The summed E-state index contributed by atoms with van der Waals surface area (Å²) in [5, 5.41) is 22.6. The van der Waals surface area contributed by atoms with E-state index in [1.807, 2.05) is 18.2 Å². The molecule has 126 valence electrons. The number of hydrogen-bond acceptors (Lipinski definition) is 6. The highest BCUT2D eigenvalue weighted by molar-refractivity contribution is 5.87. The number of carbonyl (C=O) groups is 1. The van der Waals surface area contributed by atoms with Crippen molar-refractivity contribution in [2.45, 2.75) is 12.5 Å². The number of aromatic nitrogens is 1. The van der Waals surface area contributed by atoms with E-state index in [-0.39, 0.29) is 24.8 Å². The summed E-state index contributed by atoms with van der Waals surface area (Å²) in [5.74, 6) is 2.10. The van der Waals surface area contributed by atoms with E-state index in [1.54, 1.807) is 12.3 Å². The molecule has 1 aromatic heterocycles. The molecule has 0 aliphatic rings. The number of benzene rings is 1. The van der Waals surface area contributed by atoms with Crippen molar-refractivity contribution in [3.63, 3.8) is 0 Å². The van der Waals surface area contributed by atoms with Crippen LogP contribution in [-0.2, 0) is 11.2 Å². The van der Waals surface area contributed by atoms with Crippen LogP contribution in [0.5, 0.6) is 5.75 Å². The third kappa shape index (κ3) is 4.43. The highest BCUT2D eigenvalue weighted by Gasteiger charge is 2.15. The first-order valence-corrected chi connectivity index (χ1v) is 7.53. The van der Waals surface area contributed by atoms with E-state index in [9.17, 15) is 9.90 Å². The van der Waals surface area contributed by atoms with Crippen molar-refractivity contribution in [2.24, 2.45) is 0 Å². The number of aliphatic hydroxyl groups excluding tert-OH is 1. The lowest BCUT2D eigenvalue weighted by atomic mass is 10.1. The number of nitrogens with one attached hydrogen (secondary N) is 3. The molecule has 0 fully saturated rings. The number of terminal acetylenes is 1. The normalized spacial score (nSPS) is 11.8. The molecule has 1 heterocycles. The zero-order chi connectivity index (χ0) is 17.4. The van der Waals surface area contributed by atoms with Gasteiger partial charge in [-0.25, -0.2) is 5.43 Å². The number of nitrogens with zero attached hydrogens (tertiary/aromatic N) is 1. The molecule has 7 heteroatoms. The Labute approximate surface area is 140 Å². The highest BCUT2D eigenvalue weighted by atomic mass is 16.3. The molecule has 0 radical (unpaired) electrons. The number of rotatable bonds is 8. The minimum Gasteiger partial charge on any atom is -0.506 e. The van der Waals surface area contributed by atoms with Crippen molar-refractivity contribution in [1.82, 2.24) is 21.2 Å². The average Bonchev–Trinajstić information content (AvgIpc) is 2.61. The Bertz CT molecular complexity index is 742. The number of phenols is 1. The maximum atomic E-state index is 11.8. The largest absolute Gasteiger partial charge is 0.506 e. The Morgan fingerprint density at radius 1 is 1.38 bits per heavy atom. The van der Waals surface area contributed by atoms with Crippen LogP contribution in [0.25, 0.3) is 10.9 Å². The van der Waals surface area contributed by atoms with E-state index in [0.717, 1.165) is 10.9 Å². The van der Waals surface area contributed by atoms with Crippen LogP contribution >= 0.6 is 0 Å². The molecule has 1 unspecified atom stereocenters. The van der Waals surface area contributed by atoms with Crippen molar-refractivity contribution in [2.75, 3.05) is 19.7 Å². The number of aliphatic hydroxyl groups is 1. The minimum absolute atomic E-state index is 0.140. The highest BCUT2D eigenvalue weighted by Crippen LogP contribution is 2.25. The third-order valence-corrected chi connectivity index (χ3v) is 3.52. The van der Waals surface area contributed by atoms with Crippen molar-refractivity contribution in [3.05, 3.63) is 36.0 Å². The molecule has 2 aromatic rings. The second-order valence-electron chi connectivity index (χ2n) is 5.13. The van der Waals surface area contributed by atoms with E-state index in [2.05, 4.69) is 27.1 Å². The molecule has 0 aliphatic carbocycles. The fourth-order valence-electron chi connectivity index (χ4n) is 2.29. The Morgan fingerprint density at radius 3 is 2.96 bits per heavy atom. The molecule has 1 atom stereocenters. The van der Waals surface area contributed by atoms with E-state index in [0.29, 0.717) is 18.5 Å². The van der Waals surface area contributed by atoms with Gasteiger partial charge in [-0.3, -0.25) is 20.5 Å². The van der Waals surface area contributed by atoms with Crippen LogP contribution in [0.15, 0.2) is 30.5 Å². The van der Waals surface area contributed by atoms with Gasteiger partial charge in [0.05, 0.1) is 13.2 Å². The van der Waals surface area contributed by atoms with Gasteiger partial charge in [-0.2, -0.15) is 0 Å². The van der Waals surface area contributed by atoms with Crippen molar-refractivity contribution >= 4 is 16.8 Å². The molecule has 5 N–H and O–H groups in total. The Hall–Kier alpha value is -2.66. The fourth-order valence-corrected chi connectivity index (χ4v) is 2.29. The first kappa shape index (κ1) is 17.7. The summed E-state index contributed by atoms with van der Waals surface area (Å²) < 4.78 is 0. The predicted molar refractivity (Wildman–Crippen MR) is 91.0 cm³/mol. The van der Waals surface area contributed by atoms with Gasteiger partial charge in [0.15, 0.2) is 0 Å². The smallest absolute Gasteiger partial charge is 0.253 e. The van der Waals surface area contributed by atoms with E-state index < -0.39 is 6.04 Å². The number of fused-ring (bicyclic) bond motifs is 1. The van der Waals surface area contributed by atoms with Gasteiger partial charge in [0.25, 0.3) is 5.91 Å². The number of carbonyl (C=O) groups excluding carboxylic acids is 1. The molecule has 0 saturated heterocycles. The van der Waals surface area contributed by atoms with Crippen LogP contribution < -0.4 is 16.2 Å². The summed E-state index contributed by atoms with van der Waals surface area (Å²) in [6, 6.07) is 6.38. The fraction of sp³-hybridized carbons (Fsp3) is 0.294. The predicted octanol–water partition coefficient (Wildman–Crippen LogP) is -0.313. The maximum absolute atomic E-state index is 11.8. The van der Waals surface area contributed by atoms with Crippen LogP contribution in [0.4, 0.5) is 0 Å². The van der Waals surface area contributed by atoms with Crippen molar-refractivity contribution < 1.29 is 15.0 Å². The van der Waals surface area contributed by atoms with E-state index in [1.165, 1.54) is 0 Å². The van der Waals surface area contributed by atoms with Gasteiger partial charge < -0.3 is 10.2 Å². The summed E-state index contributed by atoms with van der Waals surface area (Å²) in [4.78, 5) is 16.0. The van der Waals surface area contributed by atoms with Gasteiger partial charge in [-0.15, -0.1) is 6.42 Å². The van der Waals surface area contributed by atoms with Crippen LogP contribution in [0, 0.1) is 12.3 Å². The quantitative estimate of drug-likeness (QED) is 0.258. The molecule has 1 aromatic carbocycles. The van der Waals surface area contributed by atoms with Crippen LogP contribution in [0.1, 0.15) is 5.56 Å². The lowest BCUT2D eigenvalue weighted by Crippen LogP contribution is -2.51. The molecule has 0 spiro atoms. The van der Waals surface area contributed by atoms with Gasteiger partial charge in [-0.05, 0) is 24.1 Å². The van der Waals surface area contributed by atoms with Crippen molar-refractivity contribution in [1.29, 1.82) is 0 Å². The van der Waals surface area contributed by atoms with Crippen LogP contribution in [-0.4, -0.2) is 46.8 Å². The lowest BCUT2D eigenvalue weighted by molar-refractivity contribution is -0.125. The van der Waals surface area contributed by atoms with E-state index in [4.69, 9.17) is 11.5 Å². The Balaban J connectivity index is 1.88. The molecular weight excluding hydrogens is 308 g/mol. The van der Waals surface area contributed by atoms with Gasteiger partial charge in [-0.1, -0.05) is 18.1 Å². The zero-order valence-electron chi connectivity index (χ0n) is 13.1. The molecule has 2 rings (SSSR count). The number of phenolic OH excluding ortho intramolecular Hbond substituents is 1. The standard InChI is InChI=1S/C17H20N4O3/c1-2-8-18-14(11-22)17(24)21-20-10-7-12-5-6-15(23)16-13(12)4-3-9-19-16/h1,3-6,9,14,18,20,22-23H,7-8,10-11H2,(H,21,24). The molecule has 7 nitrogen and oxygen atoms in total. The zero-order valence-corrected chi connectivity index (χ0v) is 13.1. The lowest BCUT2D eigenvalue weighted by Gasteiger charge is -2.15. The second kappa shape index (κ2) is 8.84.